The van der Waals surface area contributed by atoms with Gasteiger partial charge in [-0.3, -0.25) is 14.7 Å². The number of likely N-dealkylation sites (N-methyl/N-ethyl adjacent to an activating group) is 1. The summed E-state index contributed by atoms with van der Waals surface area (Å²) in [6.45, 7) is 3.44. The van der Waals surface area contributed by atoms with Gasteiger partial charge in [-0.05, 0) is 38.2 Å². The van der Waals surface area contributed by atoms with E-state index in [1.165, 1.54) is 0 Å². The molecular weight excluding hydrogens is 264 g/mol. The van der Waals surface area contributed by atoms with Crippen molar-refractivity contribution in [2.24, 2.45) is 0 Å². The van der Waals surface area contributed by atoms with E-state index in [9.17, 15) is 4.79 Å². The zero-order valence-electron chi connectivity index (χ0n) is 12.5. The minimum absolute atomic E-state index is 0.0532. The summed E-state index contributed by atoms with van der Waals surface area (Å²) in [5, 5.41) is 0. The van der Waals surface area contributed by atoms with E-state index in [-0.39, 0.29) is 5.78 Å². The number of para-hydroxylation sites is 1. The molecule has 1 heterocycles. The van der Waals surface area contributed by atoms with Crippen molar-refractivity contribution in [3.05, 3.63) is 59.9 Å². The highest BCUT2D eigenvalue weighted by atomic mass is 16.5. The molecule has 4 nitrogen and oxygen atoms in total. The number of carbonyl (C=O) groups is 1. The molecule has 21 heavy (non-hydrogen) atoms. The number of rotatable bonds is 7. The second-order valence-electron chi connectivity index (χ2n) is 4.85. The maximum Gasteiger partial charge on any atom is 0.180 e. The van der Waals surface area contributed by atoms with Crippen molar-refractivity contribution in [1.82, 2.24) is 9.88 Å². The Morgan fingerprint density at radius 3 is 2.67 bits per heavy atom. The lowest BCUT2D eigenvalue weighted by Gasteiger charge is -2.16. The molecule has 0 bridgehead atoms. The normalized spacial score (nSPS) is 10.6. The van der Waals surface area contributed by atoms with Crippen LogP contribution >= 0.6 is 0 Å². The number of nitrogens with zero attached hydrogens (tertiary/aromatic N) is 2. The van der Waals surface area contributed by atoms with Gasteiger partial charge in [0.05, 0.1) is 24.4 Å². The molecule has 0 N–H and O–H groups in total. The topological polar surface area (TPSA) is 42.4 Å². The number of hydrogen-bond acceptors (Lipinski definition) is 4. The summed E-state index contributed by atoms with van der Waals surface area (Å²) >= 11 is 0. The van der Waals surface area contributed by atoms with Crippen LogP contribution in [0.4, 0.5) is 0 Å². The van der Waals surface area contributed by atoms with E-state index in [1.54, 1.807) is 6.20 Å². The Bertz CT molecular complexity index is 584. The third kappa shape index (κ3) is 4.39. The van der Waals surface area contributed by atoms with Gasteiger partial charge in [0.15, 0.2) is 5.78 Å². The van der Waals surface area contributed by atoms with Crippen LogP contribution in [0.15, 0.2) is 48.7 Å². The first kappa shape index (κ1) is 15.2. The Hall–Kier alpha value is -2.20. The van der Waals surface area contributed by atoms with Crippen LogP contribution in [0.25, 0.3) is 0 Å². The van der Waals surface area contributed by atoms with Crippen LogP contribution in [0, 0.1) is 0 Å². The molecule has 0 saturated carbocycles. The average molecular weight is 284 g/mol. The number of carbonyl (C=O) groups excluding carboxylic acids is 1. The summed E-state index contributed by atoms with van der Waals surface area (Å²) in [4.78, 5) is 18.6. The first-order valence-electron chi connectivity index (χ1n) is 7.04. The standard InChI is InChI=1S/C17H20N2O2/c1-3-21-17-10-5-4-9-15(17)16(20)13-19(2)12-14-8-6-7-11-18-14/h4-11H,3,12-13H2,1-2H3. The maximum absolute atomic E-state index is 12.4. The van der Waals surface area contributed by atoms with Crippen molar-refractivity contribution in [3.8, 4) is 5.75 Å². The van der Waals surface area contributed by atoms with E-state index in [0.717, 1.165) is 5.69 Å². The average Bonchev–Trinajstić information content (AvgIpc) is 2.49. The van der Waals surface area contributed by atoms with E-state index in [4.69, 9.17) is 4.74 Å². The number of ketones is 1. The quantitative estimate of drug-likeness (QED) is 0.733. The lowest BCUT2D eigenvalue weighted by molar-refractivity contribution is 0.0938. The van der Waals surface area contributed by atoms with Gasteiger partial charge >= 0.3 is 0 Å². The second kappa shape index (κ2) is 7.55. The van der Waals surface area contributed by atoms with E-state index in [0.29, 0.717) is 31.0 Å². The van der Waals surface area contributed by atoms with E-state index < -0.39 is 0 Å². The monoisotopic (exact) mass is 284 g/mol. The van der Waals surface area contributed by atoms with Crippen molar-refractivity contribution in [2.75, 3.05) is 20.2 Å². The first-order chi connectivity index (χ1) is 10.2. The van der Waals surface area contributed by atoms with Gasteiger partial charge < -0.3 is 4.74 Å². The fourth-order valence-corrected chi connectivity index (χ4v) is 2.13. The van der Waals surface area contributed by atoms with Crippen molar-refractivity contribution >= 4 is 5.78 Å². The van der Waals surface area contributed by atoms with Gasteiger partial charge in [0, 0.05) is 12.7 Å². The highest BCUT2D eigenvalue weighted by Crippen LogP contribution is 2.18. The predicted octanol–water partition coefficient (Wildman–Crippen LogP) is 2.80. The second-order valence-corrected chi connectivity index (χ2v) is 4.85. The number of ether oxygens (including phenoxy) is 1. The Labute approximate surface area is 125 Å². The summed E-state index contributed by atoms with van der Waals surface area (Å²) in [7, 11) is 1.91. The van der Waals surface area contributed by atoms with Crippen LogP contribution in [-0.4, -0.2) is 35.9 Å². The zero-order chi connectivity index (χ0) is 15.1. The van der Waals surface area contributed by atoms with Crippen molar-refractivity contribution in [1.29, 1.82) is 0 Å². The molecule has 2 rings (SSSR count). The van der Waals surface area contributed by atoms with Crippen molar-refractivity contribution in [2.45, 2.75) is 13.5 Å². The minimum Gasteiger partial charge on any atom is -0.493 e. The van der Waals surface area contributed by atoms with Gasteiger partial charge in [0.2, 0.25) is 0 Å². The molecule has 0 atom stereocenters. The van der Waals surface area contributed by atoms with Crippen molar-refractivity contribution in [3.63, 3.8) is 0 Å². The molecule has 110 valence electrons. The molecule has 0 aliphatic heterocycles. The lowest BCUT2D eigenvalue weighted by Crippen LogP contribution is -2.26. The number of benzene rings is 1. The highest BCUT2D eigenvalue weighted by Gasteiger charge is 2.14. The van der Waals surface area contributed by atoms with Gasteiger partial charge in [-0.15, -0.1) is 0 Å². The molecule has 0 aliphatic rings. The Kier molecular flexibility index (Phi) is 5.46. The molecule has 2 aromatic rings. The number of Topliss-reactive ketones (excluding diaryl/α,β-unsaturated/α-hetero) is 1. The fraction of sp³-hybridized carbons (Fsp3) is 0.294. The molecule has 4 heteroatoms. The summed E-state index contributed by atoms with van der Waals surface area (Å²) in [6, 6.07) is 13.1. The highest BCUT2D eigenvalue weighted by molar-refractivity contribution is 6.00. The summed E-state index contributed by atoms with van der Waals surface area (Å²) in [5.41, 5.74) is 1.58. The van der Waals surface area contributed by atoms with Crippen LogP contribution in [-0.2, 0) is 6.54 Å². The van der Waals surface area contributed by atoms with Gasteiger partial charge in [-0.1, -0.05) is 18.2 Å². The third-order valence-electron chi connectivity index (χ3n) is 3.06. The van der Waals surface area contributed by atoms with Crippen LogP contribution in [0.2, 0.25) is 0 Å². The van der Waals surface area contributed by atoms with Gasteiger partial charge in [-0.2, -0.15) is 0 Å². The van der Waals surface area contributed by atoms with Gasteiger partial charge in [0.25, 0.3) is 0 Å². The summed E-state index contributed by atoms with van der Waals surface area (Å²) < 4.78 is 5.51. The molecule has 0 saturated heterocycles. The van der Waals surface area contributed by atoms with Crippen LogP contribution in [0.3, 0.4) is 0 Å². The SMILES string of the molecule is CCOc1ccccc1C(=O)CN(C)Cc1ccccn1. The molecule has 0 amide bonds. The zero-order valence-corrected chi connectivity index (χ0v) is 12.5. The Morgan fingerprint density at radius 2 is 1.95 bits per heavy atom. The predicted molar refractivity (Wildman–Crippen MR) is 82.5 cm³/mol. The van der Waals surface area contributed by atoms with Crippen molar-refractivity contribution < 1.29 is 9.53 Å². The number of aromatic nitrogens is 1. The van der Waals surface area contributed by atoms with Crippen LogP contribution < -0.4 is 4.74 Å². The molecule has 0 fully saturated rings. The van der Waals surface area contributed by atoms with E-state index in [2.05, 4.69) is 4.98 Å². The maximum atomic E-state index is 12.4. The van der Waals surface area contributed by atoms with Crippen LogP contribution in [0.1, 0.15) is 23.0 Å². The third-order valence-corrected chi connectivity index (χ3v) is 3.06. The largest absolute Gasteiger partial charge is 0.493 e. The van der Waals surface area contributed by atoms with E-state index in [1.807, 2.05) is 61.3 Å². The van der Waals surface area contributed by atoms with Crippen LogP contribution in [0.5, 0.6) is 5.75 Å². The smallest absolute Gasteiger partial charge is 0.180 e. The van der Waals surface area contributed by atoms with Gasteiger partial charge in [0.1, 0.15) is 5.75 Å². The molecule has 0 unspecified atom stereocenters. The van der Waals surface area contributed by atoms with Gasteiger partial charge in [-0.25, -0.2) is 0 Å². The van der Waals surface area contributed by atoms with E-state index >= 15 is 0 Å². The molecule has 1 aromatic heterocycles. The lowest BCUT2D eigenvalue weighted by atomic mass is 10.1. The first-order valence-corrected chi connectivity index (χ1v) is 7.04. The molecule has 0 radical (unpaired) electrons. The minimum atomic E-state index is 0.0532. The molecule has 1 aromatic carbocycles. The molecule has 0 aliphatic carbocycles. The Morgan fingerprint density at radius 1 is 1.19 bits per heavy atom. The summed E-state index contributed by atoms with van der Waals surface area (Å²) in [5.74, 6) is 0.703. The summed E-state index contributed by atoms with van der Waals surface area (Å²) in [6.07, 6.45) is 1.76. The molecule has 0 spiro atoms. The number of pyridine rings is 1. The number of hydrogen-bond donors (Lipinski definition) is 0. The fourth-order valence-electron chi connectivity index (χ4n) is 2.13. The Balaban J connectivity index is 2.01. The molecular formula is C17H20N2O2.